The number of fused-ring (bicyclic) bond motifs is 3. The maximum absolute atomic E-state index is 14.9. The maximum atomic E-state index is 14.9. The van der Waals surface area contributed by atoms with Crippen LogP contribution in [0.15, 0.2) is 82.3 Å². The number of aliphatic hydroxyl groups is 1. The molecule has 12 nitrogen and oxygen atoms in total. The minimum absolute atomic E-state index is 0.0401. The summed E-state index contributed by atoms with van der Waals surface area (Å²) >= 11 is 0. The summed E-state index contributed by atoms with van der Waals surface area (Å²) in [5.74, 6) is 1.47. The number of carbonyl (C=O) groups excluding carboxylic acids is 2. The van der Waals surface area contributed by atoms with Crippen LogP contribution in [0.2, 0.25) is 0 Å². The van der Waals surface area contributed by atoms with E-state index in [0.717, 1.165) is 11.1 Å². The lowest BCUT2D eigenvalue weighted by Crippen LogP contribution is -2.48. The molecular formula is C37H40N4O8. The third-order valence-corrected chi connectivity index (χ3v) is 8.26. The largest absolute Gasteiger partial charge is 0.497 e. The van der Waals surface area contributed by atoms with Crippen LogP contribution in [0, 0.1) is 0 Å². The molecule has 0 bridgehead atoms. The average molecular weight is 669 g/mol. The van der Waals surface area contributed by atoms with Gasteiger partial charge in [-0.2, -0.15) is 4.98 Å². The zero-order valence-corrected chi connectivity index (χ0v) is 28.0. The Balaban J connectivity index is 1.36. The first-order valence-electron chi connectivity index (χ1n) is 16.3. The van der Waals surface area contributed by atoms with Gasteiger partial charge in [0.05, 0.1) is 20.3 Å². The van der Waals surface area contributed by atoms with E-state index < -0.39 is 23.2 Å². The fraction of sp³-hybridized carbons (Fsp3) is 0.378. The Bertz CT molecular complexity index is 1810. The monoisotopic (exact) mass is 668 g/mol. The molecule has 0 unspecified atom stereocenters. The summed E-state index contributed by atoms with van der Waals surface area (Å²) in [4.78, 5) is 39.2. The molecule has 0 aliphatic carbocycles. The van der Waals surface area contributed by atoms with Gasteiger partial charge in [0.1, 0.15) is 17.1 Å². The van der Waals surface area contributed by atoms with Crippen molar-refractivity contribution >= 4 is 17.8 Å². The molecule has 2 aliphatic rings. The molecule has 0 saturated heterocycles. The minimum Gasteiger partial charge on any atom is -0.497 e. The lowest BCUT2D eigenvalue weighted by Gasteiger charge is -2.32. The highest BCUT2D eigenvalue weighted by molar-refractivity contribution is 6.01. The standard InChI is InChI=1S/C37H40N4O8/c1-36(2,3)48-31(43)18-19-37-32(47-34(39-37)25-12-16-28(17-13-25)46-21-7-20-42)29-9-6-5-8-26(29)22-41(35(37)44)23-30-38-33(49-40-30)24-10-14-27(45-4)15-11-24/h5-6,8-17,32,42H,7,18-23H2,1-4H3/t32-,37-/m1/s1. The number of hydrogen-bond donors (Lipinski definition) is 1. The zero-order chi connectivity index (χ0) is 34.6. The number of nitrogens with zero attached hydrogens (tertiary/aromatic N) is 4. The maximum Gasteiger partial charge on any atom is 0.306 e. The van der Waals surface area contributed by atoms with Crippen LogP contribution in [-0.2, 0) is 32.2 Å². The number of benzene rings is 3. The van der Waals surface area contributed by atoms with Gasteiger partial charge in [-0.05, 0) is 81.3 Å². The normalized spacial score (nSPS) is 18.6. The van der Waals surface area contributed by atoms with Crippen LogP contribution in [-0.4, -0.2) is 69.4 Å². The highest BCUT2D eigenvalue weighted by Crippen LogP contribution is 2.47. The van der Waals surface area contributed by atoms with Crippen LogP contribution in [0.5, 0.6) is 11.5 Å². The van der Waals surface area contributed by atoms with Crippen molar-refractivity contribution in [2.24, 2.45) is 4.99 Å². The van der Waals surface area contributed by atoms with E-state index in [2.05, 4.69) is 10.1 Å². The average Bonchev–Trinajstić information content (AvgIpc) is 3.71. The van der Waals surface area contributed by atoms with Gasteiger partial charge in [0.2, 0.25) is 5.90 Å². The molecule has 12 heteroatoms. The van der Waals surface area contributed by atoms with Crippen molar-refractivity contribution in [1.29, 1.82) is 0 Å². The first-order valence-corrected chi connectivity index (χ1v) is 16.3. The van der Waals surface area contributed by atoms with Gasteiger partial charge in [0, 0.05) is 42.7 Å². The van der Waals surface area contributed by atoms with E-state index in [1.54, 1.807) is 57.0 Å². The SMILES string of the molecule is COc1ccc(-c2nc(CN3Cc4ccccc4[C@H]4OC(c5ccc(OCCCO)cc5)=N[C@@]4(CCC(=O)OC(C)(C)C)C3=O)no2)cc1. The molecule has 2 atom stereocenters. The van der Waals surface area contributed by atoms with Crippen LogP contribution in [0.4, 0.5) is 0 Å². The first-order chi connectivity index (χ1) is 23.6. The summed E-state index contributed by atoms with van der Waals surface area (Å²) in [6.07, 6.45) is -0.300. The third-order valence-electron chi connectivity index (χ3n) is 8.26. The summed E-state index contributed by atoms with van der Waals surface area (Å²) in [6.45, 7) is 6.12. The van der Waals surface area contributed by atoms with Crippen molar-refractivity contribution in [3.63, 3.8) is 0 Å². The Kier molecular flexibility index (Phi) is 9.68. The first kappa shape index (κ1) is 33.7. The van der Waals surface area contributed by atoms with Gasteiger partial charge in [-0.15, -0.1) is 0 Å². The minimum atomic E-state index is -1.49. The predicted molar refractivity (Wildman–Crippen MR) is 179 cm³/mol. The summed E-state index contributed by atoms with van der Waals surface area (Å²) < 4.78 is 28.8. The Morgan fingerprint density at radius 2 is 1.73 bits per heavy atom. The van der Waals surface area contributed by atoms with Gasteiger partial charge >= 0.3 is 5.97 Å². The molecule has 1 amide bonds. The molecule has 3 heterocycles. The summed E-state index contributed by atoms with van der Waals surface area (Å²) in [6, 6.07) is 22.2. The van der Waals surface area contributed by atoms with Crippen molar-refractivity contribution in [3.8, 4) is 23.0 Å². The number of aromatic nitrogens is 2. The highest BCUT2D eigenvalue weighted by atomic mass is 16.6. The van der Waals surface area contributed by atoms with E-state index in [1.165, 1.54) is 0 Å². The van der Waals surface area contributed by atoms with Crippen molar-refractivity contribution in [3.05, 3.63) is 95.3 Å². The number of methoxy groups -OCH3 is 1. The van der Waals surface area contributed by atoms with Gasteiger partial charge in [-0.25, -0.2) is 4.99 Å². The molecule has 0 fully saturated rings. The van der Waals surface area contributed by atoms with Crippen LogP contribution >= 0.6 is 0 Å². The molecule has 49 heavy (non-hydrogen) atoms. The van der Waals surface area contributed by atoms with Gasteiger partial charge in [0.15, 0.2) is 17.5 Å². The van der Waals surface area contributed by atoms with Crippen LogP contribution in [0.25, 0.3) is 11.5 Å². The van der Waals surface area contributed by atoms with E-state index in [-0.39, 0.29) is 44.3 Å². The quantitative estimate of drug-likeness (QED) is 0.153. The van der Waals surface area contributed by atoms with E-state index in [0.29, 0.717) is 47.4 Å². The molecule has 256 valence electrons. The Labute approximate surface area is 284 Å². The molecular weight excluding hydrogens is 628 g/mol. The number of ether oxygens (including phenoxy) is 4. The lowest BCUT2D eigenvalue weighted by molar-refractivity contribution is -0.155. The second-order valence-electron chi connectivity index (χ2n) is 13.0. The number of rotatable bonds is 12. The van der Waals surface area contributed by atoms with Crippen LogP contribution in [0.3, 0.4) is 0 Å². The second kappa shape index (κ2) is 14.1. The Morgan fingerprint density at radius 3 is 2.45 bits per heavy atom. The molecule has 3 aromatic carbocycles. The molecule has 0 spiro atoms. The number of aliphatic hydroxyl groups excluding tert-OH is 1. The van der Waals surface area contributed by atoms with Gasteiger partial charge in [-0.3, -0.25) is 9.59 Å². The topological polar surface area (TPSA) is 146 Å². The summed E-state index contributed by atoms with van der Waals surface area (Å²) in [5.41, 5.74) is 0.863. The number of aliphatic imine (C=N–C) groups is 1. The molecule has 0 radical (unpaired) electrons. The molecule has 1 aromatic heterocycles. The highest BCUT2D eigenvalue weighted by Gasteiger charge is 2.57. The fourth-order valence-electron chi connectivity index (χ4n) is 5.97. The molecule has 0 saturated carbocycles. The van der Waals surface area contributed by atoms with E-state index >= 15 is 0 Å². The predicted octanol–water partition coefficient (Wildman–Crippen LogP) is 5.43. The second-order valence-corrected chi connectivity index (χ2v) is 13.0. The van der Waals surface area contributed by atoms with Crippen molar-refractivity contribution in [2.75, 3.05) is 20.3 Å². The lowest BCUT2D eigenvalue weighted by atomic mass is 9.83. The Hall–Kier alpha value is -5.23. The van der Waals surface area contributed by atoms with Crippen LogP contribution < -0.4 is 9.47 Å². The number of hydrogen-bond acceptors (Lipinski definition) is 11. The smallest absolute Gasteiger partial charge is 0.306 e. The molecule has 1 N–H and O–H groups in total. The van der Waals surface area contributed by atoms with Crippen LogP contribution in [0.1, 0.15) is 68.7 Å². The molecule has 6 rings (SSSR count). The Morgan fingerprint density at radius 1 is 1.02 bits per heavy atom. The van der Waals surface area contributed by atoms with Gasteiger partial charge in [-0.1, -0.05) is 29.4 Å². The van der Waals surface area contributed by atoms with Gasteiger partial charge in [0.25, 0.3) is 11.8 Å². The summed E-state index contributed by atoms with van der Waals surface area (Å²) in [7, 11) is 1.59. The van der Waals surface area contributed by atoms with Crippen molar-refractivity contribution in [1.82, 2.24) is 15.0 Å². The van der Waals surface area contributed by atoms with Crippen molar-refractivity contribution in [2.45, 2.75) is 70.4 Å². The molecule has 4 aromatic rings. The summed E-state index contributed by atoms with van der Waals surface area (Å²) in [5, 5.41) is 13.3. The van der Waals surface area contributed by atoms with Gasteiger partial charge < -0.3 is 33.5 Å². The fourth-order valence-corrected chi connectivity index (χ4v) is 5.97. The van der Waals surface area contributed by atoms with Crippen molar-refractivity contribution < 1.29 is 38.2 Å². The number of carbonyl (C=O) groups is 2. The van der Waals surface area contributed by atoms with E-state index in [9.17, 15) is 9.59 Å². The number of amides is 1. The third kappa shape index (κ3) is 7.44. The van der Waals surface area contributed by atoms with E-state index in [1.807, 2.05) is 48.5 Å². The number of esters is 1. The van der Waals surface area contributed by atoms with E-state index in [4.69, 9.17) is 33.6 Å². The molecule has 2 aliphatic heterocycles. The zero-order valence-electron chi connectivity index (χ0n) is 28.0.